The second kappa shape index (κ2) is 28.2. The molecule has 0 aromatic carbocycles. The molecule has 1 spiro atoms. The number of ether oxygens (including phenoxy) is 13. The third-order valence-electron chi connectivity index (χ3n) is 21.7. The molecule has 26 heteroatoms. The Balaban J connectivity index is 0.904. The van der Waals surface area contributed by atoms with E-state index in [4.69, 9.17) is 61.6 Å². The number of aliphatic hydroxyl groups excluding tert-OH is 4. The Morgan fingerprint density at radius 2 is 1.35 bits per heavy atom. The molecule has 1 unspecified atom stereocenters. The number of amides is 1. The van der Waals surface area contributed by atoms with Crippen LogP contribution in [0.25, 0.3) is 0 Å². The molecule has 7 fully saturated rings. The zero-order chi connectivity index (χ0) is 67.5. The molecule has 518 valence electrons. The van der Waals surface area contributed by atoms with E-state index in [1.165, 1.54) is 19.9 Å². The van der Waals surface area contributed by atoms with Crippen LogP contribution in [0.4, 0.5) is 4.79 Å². The fourth-order valence-corrected chi connectivity index (χ4v) is 16.9. The van der Waals surface area contributed by atoms with Crippen LogP contribution in [0.5, 0.6) is 0 Å². The summed E-state index contributed by atoms with van der Waals surface area (Å²) in [5.41, 5.74) is -4.91. The molecule has 4 aliphatic carbocycles. The molecule has 6 heterocycles. The number of aliphatic hydroxyl groups is 4. The van der Waals surface area contributed by atoms with E-state index >= 15 is 4.79 Å². The van der Waals surface area contributed by atoms with Crippen LogP contribution in [0.2, 0.25) is 0 Å². The van der Waals surface area contributed by atoms with Crippen molar-refractivity contribution in [3.05, 3.63) is 68.5 Å². The molecule has 0 radical (unpaired) electrons. The molecule has 29 atom stereocenters. The maximum Gasteiger partial charge on any atom is 0.407 e. The summed E-state index contributed by atoms with van der Waals surface area (Å²) in [7, 11) is 1.15. The predicted octanol–water partition coefficient (Wildman–Crippen LogP) is 6.36. The molecule has 2 bridgehead atoms. The van der Waals surface area contributed by atoms with Gasteiger partial charge in [-0.25, -0.2) is 9.59 Å². The van der Waals surface area contributed by atoms with Crippen molar-refractivity contribution in [2.45, 2.75) is 281 Å². The van der Waals surface area contributed by atoms with E-state index < -0.39 is 210 Å². The highest BCUT2D eigenvalue weighted by molar-refractivity contribution is 6.26. The molecule has 1 saturated carbocycles. The fourth-order valence-electron chi connectivity index (χ4n) is 16.9. The molecule has 6 aliphatic heterocycles. The molecule has 0 aromatic rings. The second-order valence-corrected chi connectivity index (χ2v) is 28.2. The summed E-state index contributed by atoms with van der Waals surface area (Å²) in [6, 6.07) is -1.12. The number of hydrogen-bond donors (Lipinski definition) is 5. The fraction of sp³-hybridized carbons (Fsp3) is 0.776. The Labute approximate surface area is 542 Å². The van der Waals surface area contributed by atoms with Crippen LogP contribution in [-0.4, -0.2) is 197 Å². The number of nitrogens with zero attached hydrogens (tertiary/aromatic N) is 1. The number of nitro groups is 1. The van der Waals surface area contributed by atoms with Crippen molar-refractivity contribution in [3.8, 4) is 0 Å². The summed E-state index contributed by atoms with van der Waals surface area (Å²) < 4.78 is 81.5. The number of esters is 2. The highest BCUT2D eigenvalue weighted by atomic mass is 16.8. The number of allylic oxidation sites excluding steroid dienone is 3. The standard InChI is InChI=1S/C67H96N2O24/c1-30-14-18-47(88-54-28-65(11,69(79)80)60(38(9)86-54)68-64(78)81-13)31(2)23-43-45(73)24-40(29-70)27-67(43)62(76)55(63(77)93-67)61(75)66(12)42(30)16-15-41-56(66)32(3)22-33(4)57(41)92-53-26-49(59(37(8)85-53)87-39(10)71)90-50-21-19-48(35(6)83-50)89-52-25-46(74)58(36(7)84-52)91-51-20-17-44(72)34(5)82-51/h14-16,23-24,29,32-38,41-54,56-60,72-75H,17-22,25-28H2,1-13H3,(H,68,78)/b30-14+,31-23+,61-55-/t32?,33-,34-,35-,36-,37-,38+,41-,42-,43+,44+,45-,46+,47-,48+,49+,50-,51-,52-,53-,54-,56+,57-,58-,59-,60-,65-,66+,67-/m0/s1. The van der Waals surface area contributed by atoms with Gasteiger partial charge in [0.1, 0.15) is 35.9 Å². The van der Waals surface area contributed by atoms with Crippen LogP contribution in [-0.2, 0) is 80.8 Å². The summed E-state index contributed by atoms with van der Waals surface area (Å²) in [4.78, 5) is 80.4. The van der Waals surface area contributed by atoms with Crippen LogP contribution in [0.1, 0.15) is 147 Å². The van der Waals surface area contributed by atoms with Gasteiger partial charge in [-0.3, -0.25) is 24.5 Å². The quantitative estimate of drug-likeness (QED) is 0.0240. The maximum atomic E-state index is 15.6. The van der Waals surface area contributed by atoms with Gasteiger partial charge in [0.2, 0.25) is 11.3 Å². The molecule has 5 N–H and O–H groups in total. The van der Waals surface area contributed by atoms with Crippen LogP contribution in [0.15, 0.2) is 58.4 Å². The number of carbonyl (C=O) groups is 5. The summed E-state index contributed by atoms with van der Waals surface area (Å²) >= 11 is 0. The van der Waals surface area contributed by atoms with Crippen LogP contribution >= 0.6 is 0 Å². The highest BCUT2D eigenvalue weighted by Crippen LogP contribution is 2.61. The van der Waals surface area contributed by atoms with E-state index in [9.17, 15) is 49.7 Å². The average Bonchev–Trinajstić information content (AvgIpc) is 1.68. The van der Waals surface area contributed by atoms with E-state index in [2.05, 4.69) is 25.2 Å². The predicted molar refractivity (Wildman–Crippen MR) is 325 cm³/mol. The largest absolute Gasteiger partial charge is 0.511 e. The molecule has 10 rings (SSSR count). The molecule has 26 nitrogen and oxygen atoms in total. The number of carbonyl (C=O) groups excluding carboxylic acids is 5. The smallest absolute Gasteiger partial charge is 0.407 e. The summed E-state index contributed by atoms with van der Waals surface area (Å²) in [5, 5.41) is 62.0. The normalized spacial score (nSPS) is 48.2. The minimum atomic E-state index is -2.20. The van der Waals surface area contributed by atoms with Crippen molar-refractivity contribution in [2.24, 2.45) is 40.9 Å². The lowest BCUT2D eigenvalue weighted by molar-refractivity contribution is -0.584. The minimum Gasteiger partial charge on any atom is -0.511 e. The zero-order valence-corrected chi connectivity index (χ0v) is 55.4. The van der Waals surface area contributed by atoms with Gasteiger partial charge in [0.05, 0.1) is 86.6 Å². The number of hydrogen-bond acceptors (Lipinski definition) is 24. The number of nitrogens with one attached hydrogen (secondary N) is 1. The van der Waals surface area contributed by atoms with E-state index in [1.54, 1.807) is 33.8 Å². The van der Waals surface area contributed by atoms with Gasteiger partial charge in [0, 0.05) is 68.1 Å². The lowest BCUT2D eigenvalue weighted by atomic mass is 9.49. The van der Waals surface area contributed by atoms with E-state index in [0.717, 1.165) is 7.11 Å². The van der Waals surface area contributed by atoms with Crippen LogP contribution in [0, 0.1) is 51.0 Å². The number of ketones is 1. The van der Waals surface area contributed by atoms with Crippen LogP contribution < -0.4 is 5.32 Å². The van der Waals surface area contributed by atoms with Crippen molar-refractivity contribution < 1.29 is 111 Å². The maximum absolute atomic E-state index is 15.6. The van der Waals surface area contributed by atoms with Gasteiger partial charge in [-0.1, -0.05) is 50.6 Å². The first kappa shape index (κ1) is 70.7. The third kappa shape index (κ3) is 14.0. The molecule has 0 aromatic heterocycles. The molecule has 6 saturated heterocycles. The minimum absolute atomic E-state index is 0.00196. The Morgan fingerprint density at radius 1 is 0.720 bits per heavy atom. The van der Waals surface area contributed by atoms with Gasteiger partial charge >= 0.3 is 18.0 Å². The first-order valence-corrected chi connectivity index (χ1v) is 33.1. The topological polar surface area (TPSA) is 341 Å². The molecule has 1 amide bonds. The molecular formula is C67H96N2O24. The van der Waals surface area contributed by atoms with Gasteiger partial charge < -0.3 is 87.3 Å². The van der Waals surface area contributed by atoms with Gasteiger partial charge in [0.15, 0.2) is 43.2 Å². The van der Waals surface area contributed by atoms with Gasteiger partial charge in [-0.15, -0.1) is 0 Å². The van der Waals surface area contributed by atoms with Crippen molar-refractivity contribution in [1.29, 1.82) is 0 Å². The van der Waals surface area contributed by atoms with E-state index in [-0.39, 0.29) is 43.1 Å². The van der Waals surface area contributed by atoms with Crippen LogP contribution in [0.3, 0.4) is 0 Å². The summed E-state index contributed by atoms with van der Waals surface area (Å²) in [5.74, 6) is -6.46. The Morgan fingerprint density at radius 3 is 2.01 bits per heavy atom. The molecule has 10 aliphatic rings. The number of rotatable bonds is 14. The third-order valence-corrected chi connectivity index (χ3v) is 21.7. The van der Waals surface area contributed by atoms with Gasteiger partial charge in [0.25, 0.3) is 0 Å². The summed E-state index contributed by atoms with van der Waals surface area (Å²) in [6.45, 7) is 21.0. The van der Waals surface area contributed by atoms with E-state index in [0.29, 0.717) is 49.5 Å². The lowest BCUT2D eigenvalue weighted by Crippen LogP contribution is -2.65. The number of methoxy groups -OCH3 is 1. The summed E-state index contributed by atoms with van der Waals surface area (Å²) in [6.07, 6.45) is -4.21. The van der Waals surface area contributed by atoms with Crippen molar-refractivity contribution >= 4 is 30.1 Å². The van der Waals surface area contributed by atoms with E-state index in [1.807, 2.05) is 39.8 Å². The average molecular weight is 1310 g/mol. The number of alkyl carbamates (subject to hydrolysis) is 1. The Kier molecular flexibility index (Phi) is 21.4. The first-order valence-electron chi connectivity index (χ1n) is 33.1. The number of Topliss-reactive ketones (excluding diaryl/α,β-unsaturated/α-hetero) is 1. The molecular weight excluding hydrogens is 1220 g/mol. The Hall–Kier alpha value is -5.07. The number of aldehydes is 1. The first-order chi connectivity index (χ1) is 43.9. The highest BCUT2D eigenvalue weighted by Gasteiger charge is 2.65. The van der Waals surface area contributed by atoms with Gasteiger partial charge in [-0.05, 0) is 109 Å². The monoisotopic (exact) mass is 1310 g/mol. The zero-order valence-electron chi connectivity index (χ0n) is 55.4. The molecule has 93 heavy (non-hydrogen) atoms. The second-order valence-electron chi connectivity index (χ2n) is 28.2. The van der Waals surface area contributed by atoms with Crippen molar-refractivity contribution in [1.82, 2.24) is 5.32 Å². The van der Waals surface area contributed by atoms with Crippen molar-refractivity contribution in [3.63, 3.8) is 0 Å². The van der Waals surface area contributed by atoms with Gasteiger partial charge in [-0.2, -0.15) is 0 Å². The number of fused-ring (bicyclic) bond motifs is 4. The Bertz CT molecular complexity index is 2960. The van der Waals surface area contributed by atoms with Crippen molar-refractivity contribution in [2.75, 3.05) is 7.11 Å². The SMILES string of the molecule is COC(=O)N[C@H]1[C@@H](C)O[C@@H](O[C@H]2C/C=C(\C)[C@@H]3C=C[C@@H]4[C@@H](O[C@H]5C[C@@H](O[C@H]6CC[C@@H](O[C@H]7C[C@@H](O)[C@@H](O[C@H]8CC[C@@H](O)[C@H](C)O8)[C@H](C)O7)[C@H](C)O6)[C@@H](OC(C)=O)[C@H](C)O5)[C@@H](C)CC(C)[C@H]4[C@]3(C)/C(O)=C3/C(=O)O[C@]4(CC(C=O)=C[C@H](O)[C@H]4/C=C/2C)C3=O)C[C@]1(C)[N+](=O)[O-]. The lowest BCUT2D eigenvalue weighted by Gasteiger charge is -2.56.